The van der Waals surface area contributed by atoms with Crippen LogP contribution in [-0.2, 0) is 6.54 Å². The monoisotopic (exact) mass is 422 g/mol. The zero-order valence-electron chi connectivity index (χ0n) is 17.9. The lowest BCUT2D eigenvalue weighted by molar-refractivity contribution is 0.135. The van der Waals surface area contributed by atoms with Crippen LogP contribution in [0.25, 0.3) is 16.8 Å². The van der Waals surface area contributed by atoms with Crippen LogP contribution in [0.2, 0.25) is 0 Å². The average Bonchev–Trinajstić information content (AvgIpc) is 2.76. The van der Waals surface area contributed by atoms with Crippen LogP contribution in [0.5, 0.6) is 5.75 Å². The van der Waals surface area contributed by atoms with Crippen molar-refractivity contribution in [3.63, 3.8) is 0 Å². The highest BCUT2D eigenvalue weighted by Crippen LogP contribution is 2.29. The molecule has 0 N–H and O–H groups in total. The Labute approximate surface area is 186 Å². The minimum absolute atomic E-state index is 0. The first-order valence-electron chi connectivity index (χ1n) is 10.4. The number of halogens is 1. The van der Waals surface area contributed by atoms with E-state index in [1.807, 2.05) is 0 Å². The Morgan fingerprint density at radius 1 is 0.833 bits per heavy atom. The molecule has 4 rings (SSSR count). The first-order valence-corrected chi connectivity index (χ1v) is 10.4. The predicted molar refractivity (Wildman–Crippen MR) is 130 cm³/mol. The fourth-order valence-corrected chi connectivity index (χ4v) is 4.23. The summed E-state index contributed by atoms with van der Waals surface area (Å²) in [6.45, 7) is 8.74. The smallest absolute Gasteiger partial charge is 0.126 e. The number of rotatable bonds is 6. The first-order chi connectivity index (χ1) is 14.2. The lowest BCUT2D eigenvalue weighted by atomic mass is 10.0. The molecule has 30 heavy (non-hydrogen) atoms. The van der Waals surface area contributed by atoms with Crippen molar-refractivity contribution in [2.45, 2.75) is 13.5 Å². The number of ether oxygens (including phenoxy) is 1. The lowest BCUT2D eigenvalue weighted by Gasteiger charge is -2.35. The molecule has 0 atom stereocenters. The number of hydrogen-bond donors (Lipinski definition) is 0. The normalized spacial score (nSPS) is 15.7. The minimum atomic E-state index is 0. The van der Waals surface area contributed by atoms with E-state index in [4.69, 9.17) is 4.74 Å². The van der Waals surface area contributed by atoms with Gasteiger partial charge in [0.15, 0.2) is 0 Å². The van der Waals surface area contributed by atoms with Crippen molar-refractivity contribution in [3.8, 4) is 5.75 Å². The summed E-state index contributed by atoms with van der Waals surface area (Å²) in [5, 5.41) is 2.50. The fraction of sp³-hybridized carbons (Fsp3) is 0.308. The summed E-state index contributed by atoms with van der Waals surface area (Å²) >= 11 is 0. The molecule has 3 aromatic carbocycles. The molecule has 1 saturated heterocycles. The highest BCUT2D eigenvalue weighted by Gasteiger charge is 2.18. The molecule has 0 bridgehead atoms. The molecule has 158 valence electrons. The molecule has 1 aliphatic rings. The Morgan fingerprint density at radius 2 is 1.47 bits per heavy atom. The molecule has 1 heterocycles. The molecular weight excluding hydrogens is 392 g/mol. The van der Waals surface area contributed by atoms with Crippen LogP contribution < -0.4 is 4.74 Å². The summed E-state index contributed by atoms with van der Waals surface area (Å²) in [4.78, 5) is 5.14. The van der Waals surface area contributed by atoms with Gasteiger partial charge in [0.2, 0.25) is 0 Å². The molecule has 4 heteroatoms. The van der Waals surface area contributed by atoms with Gasteiger partial charge in [0, 0.05) is 44.7 Å². The Kier molecular flexibility index (Phi) is 7.92. The summed E-state index contributed by atoms with van der Waals surface area (Å²) < 4.78 is 5.54. The summed E-state index contributed by atoms with van der Waals surface area (Å²) in [6.07, 6.45) is 2.30. The highest BCUT2D eigenvalue weighted by atomic mass is 35.5. The van der Waals surface area contributed by atoms with E-state index in [1.165, 1.54) is 27.5 Å². The molecule has 3 aromatic rings. The number of nitrogens with zero attached hydrogens (tertiary/aromatic N) is 2. The van der Waals surface area contributed by atoms with Gasteiger partial charge >= 0.3 is 0 Å². The Balaban J connectivity index is 0.00000256. The third-order valence-electron chi connectivity index (χ3n) is 5.74. The molecule has 0 radical (unpaired) electrons. The zero-order valence-corrected chi connectivity index (χ0v) is 18.7. The maximum Gasteiger partial charge on any atom is 0.126 e. The summed E-state index contributed by atoms with van der Waals surface area (Å²) in [5.74, 6) is 0.954. The molecule has 0 amide bonds. The van der Waals surface area contributed by atoms with Crippen molar-refractivity contribution >= 4 is 29.3 Å². The van der Waals surface area contributed by atoms with Gasteiger partial charge < -0.3 is 4.74 Å². The molecule has 0 aliphatic carbocycles. The topological polar surface area (TPSA) is 15.7 Å². The summed E-state index contributed by atoms with van der Waals surface area (Å²) in [5.41, 5.74) is 4.09. The second-order valence-corrected chi connectivity index (χ2v) is 7.93. The molecule has 0 unspecified atom stereocenters. The van der Waals surface area contributed by atoms with Crippen LogP contribution in [0.1, 0.15) is 18.1 Å². The van der Waals surface area contributed by atoms with Gasteiger partial charge in [-0.2, -0.15) is 0 Å². The second-order valence-electron chi connectivity index (χ2n) is 7.93. The number of fused-ring (bicyclic) bond motifs is 1. The third-order valence-corrected chi connectivity index (χ3v) is 5.74. The SMILES string of the molecule is COc1ccc(CN2CCN(C/C(C)=C/c3ccccc3)CC2)c2ccccc12.Cl. The van der Waals surface area contributed by atoms with E-state index < -0.39 is 0 Å². The number of piperazine rings is 1. The van der Waals surface area contributed by atoms with Crippen LogP contribution in [-0.4, -0.2) is 49.6 Å². The van der Waals surface area contributed by atoms with E-state index in [2.05, 4.69) is 89.5 Å². The summed E-state index contributed by atoms with van der Waals surface area (Å²) in [7, 11) is 1.74. The number of methoxy groups -OCH3 is 1. The van der Waals surface area contributed by atoms with Gasteiger partial charge in [-0.05, 0) is 29.5 Å². The molecule has 0 aromatic heterocycles. The maximum atomic E-state index is 5.54. The van der Waals surface area contributed by atoms with Crippen LogP contribution in [0.3, 0.4) is 0 Å². The van der Waals surface area contributed by atoms with E-state index in [9.17, 15) is 0 Å². The third kappa shape index (κ3) is 5.42. The molecule has 0 saturated carbocycles. The van der Waals surface area contributed by atoms with Gasteiger partial charge in [0.1, 0.15) is 5.75 Å². The van der Waals surface area contributed by atoms with Gasteiger partial charge in [-0.1, -0.05) is 72.3 Å². The number of hydrogen-bond acceptors (Lipinski definition) is 3. The Hall–Kier alpha value is -2.33. The fourth-order valence-electron chi connectivity index (χ4n) is 4.23. The van der Waals surface area contributed by atoms with Crippen LogP contribution in [0.15, 0.2) is 72.3 Å². The average molecular weight is 423 g/mol. The minimum Gasteiger partial charge on any atom is -0.496 e. The van der Waals surface area contributed by atoms with Crippen molar-refractivity contribution in [1.29, 1.82) is 0 Å². The van der Waals surface area contributed by atoms with Crippen LogP contribution in [0, 0.1) is 0 Å². The van der Waals surface area contributed by atoms with Crippen molar-refractivity contribution in [2.75, 3.05) is 39.8 Å². The second kappa shape index (κ2) is 10.6. The molecule has 1 aliphatic heterocycles. The molecule has 1 fully saturated rings. The van der Waals surface area contributed by atoms with Crippen LogP contribution in [0.4, 0.5) is 0 Å². The van der Waals surface area contributed by atoms with Crippen molar-refractivity contribution in [3.05, 3.63) is 83.4 Å². The quantitative estimate of drug-likeness (QED) is 0.522. The van der Waals surface area contributed by atoms with E-state index in [-0.39, 0.29) is 12.4 Å². The largest absolute Gasteiger partial charge is 0.496 e. The Morgan fingerprint density at radius 3 is 2.17 bits per heavy atom. The van der Waals surface area contributed by atoms with E-state index >= 15 is 0 Å². The number of benzene rings is 3. The summed E-state index contributed by atoms with van der Waals surface area (Å²) in [6, 6.07) is 23.5. The van der Waals surface area contributed by atoms with Gasteiger partial charge in [-0.15, -0.1) is 12.4 Å². The van der Waals surface area contributed by atoms with E-state index in [0.717, 1.165) is 45.0 Å². The van der Waals surface area contributed by atoms with Crippen molar-refractivity contribution in [1.82, 2.24) is 9.80 Å². The standard InChI is InChI=1S/C26H30N2O.ClH/c1-21(18-22-8-4-3-5-9-22)19-27-14-16-28(17-15-27)20-23-12-13-26(29-2)25-11-7-6-10-24(23)25;/h3-13,18H,14-17,19-20H2,1-2H3;1H/b21-18+;. The molecule has 3 nitrogen and oxygen atoms in total. The van der Waals surface area contributed by atoms with Gasteiger partial charge in [0.05, 0.1) is 7.11 Å². The maximum absolute atomic E-state index is 5.54. The van der Waals surface area contributed by atoms with Crippen molar-refractivity contribution in [2.24, 2.45) is 0 Å². The lowest BCUT2D eigenvalue weighted by Crippen LogP contribution is -2.46. The van der Waals surface area contributed by atoms with E-state index in [0.29, 0.717) is 0 Å². The molecule has 0 spiro atoms. The van der Waals surface area contributed by atoms with Gasteiger partial charge in [0.25, 0.3) is 0 Å². The van der Waals surface area contributed by atoms with Gasteiger partial charge in [-0.3, -0.25) is 9.80 Å². The predicted octanol–water partition coefficient (Wildman–Crippen LogP) is 5.49. The first kappa shape index (κ1) is 22.4. The van der Waals surface area contributed by atoms with Crippen molar-refractivity contribution < 1.29 is 4.74 Å². The van der Waals surface area contributed by atoms with Gasteiger partial charge in [-0.25, -0.2) is 0 Å². The molecular formula is C26H31ClN2O. The van der Waals surface area contributed by atoms with Crippen LogP contribution >= 0.6 is 12.4 Å². The highest BCUT2D eigenvalue weighted by molar-refractivity contribution is 5.91. The Bertz CT molecular complexity index is 979. The van der Waals surface area contributed by atoms with E-state index in [1.54, 1.807) is 7.11 Å². The zero-order chi connectivity index (χ0) is 20.1.